The number of carbonyl (C=O) groups is 1. The van der Waals surface area contributed by atoms with Gasteiger partial charge < -0.3 is 9.64 Å². The van der Waals surface area contributed by atoms with E-state index in [-0.39, 0.29) is 5.91 Å². The molecule has 3 nitrogen and oxygen atoms in total. The van der Waals surface area contributed by atoms with Crippen molar-refractivity contribution in [3.63, 3.8) is 0 Å². The van der Waals surface area contributed by atoms with E-state index in [1.54, 1.807) is 31.2 Å². The molecular weight excluding hydrogens is 178 g/mol. The molecule has 0 fully saturated rings. The van der Waals surface area contributed by atoms with Crippen molar-refractivity contribution in [1.82, 2.24) is 0 Å². The lowest BCUT2D eigenvalue weighted by Gasteiger charge is -2.16. The molecular formula is C11H14NO2. The molecule has 75 valence electrons. The van der Waals surface area contributed by atoms with Crippen molar-refractivity contribution in [1.29, 1.82) is 0 Å². The molecule has 0 saturated heterocycles. The van der Waals surface area contributed by atoms with Crippen LogP contribution in [0.3, 0.4) is 0 Å². The topological polar surface area (TPSA) is 29.5 Å². The number of anilines is 1. The summed E-state index contributed by atoms with van der Waals surface area (Å²) in [5.41, 5.74) is 0.879. The zero-order valence-corrected chi connectivity index (χ0v) is 8.49. The number of hydrogen-bond donors (Lipinski definition) is 0. The molecule has 0 atom stereocenters. The molecule has 1 aromatic carbocycles. The van der Waals surface area contributed by atoms with Crippen LogP contribution in [0.15, 0.2) is 24.3 Å². The molecule has 0 N–H and O–H groups in total. The molecule has 14 heavy (non-hydrogen) atoms. The van der Waals surface area contributed by atoms with Crippen molar-refractivity contribution in [3.05, 3.63) is 30.3 Å². The second kappa shape index (κ2) is 5.40. The number of amides is 1. The Hall–Kier alpha value is -1.35. The van der Waals surface area contributed by atoms with Crippen LogP contribution in [0, 0.1) is 6.07 Å². The molecule has 3 heteroatoms. The molecule has 0 saturated carbocycles. The van der Waals surface area contributed by atoms with Gasteiger partial charge in [-0.1, -0.05) is 12.1 Å². The molecule has 1 amide bonds. The largest absolute Gasteiger partial charge is 0.384 e. The fraction of sp³-hybridized carbons (Fsp3) is 0.364. The van der Waals surface area contributed by atoms with Gasteiger partial charge in [-0.3, -0.25) is 4.79 Å². The summed E-state index contributed by atoms with van der Waals surface area (Å²) >= 11 is 0. The molecule has 0 aromatic heterocycles. The molecule has 0 aliphatic heterocycles. The van der Waals surface area contributed by atoms with Crippen molar-refractivity contribution in [3.8, 4) is 0 Å². The molecule has 1 radical (unpaired) electrons. The van der Waals surface area contributed by atoms with Gasteiger partial charge in [0.25, 0.3) is 0 Å². The van der Waals surface area contributed by atoms with Crippen molar-refractivity contribution >= 4 is 11.6 Å². The summed E-state index contributed by atoms with van der Waals surface area (Å²) in [5.74, 6) is 0.0538. The summed E-state index contributed by atoms with van der Waals surface area (Å²) in [7, 11) is 3.35. The van der Waals surface area contributed by atoms with Gasteiger partial charge in [-0.2, -0.15) is 0 Å². The van der Waals surface area contributed by atoms with Gasteiger partial charge in [0.1, 0.15) is 0 Å². The molecule has 0 aliphatic rings. The Morgan fingerprint density at radius 3 is 2.71 bits per heavy atom. The monoisotopic (exact) mass is 192 g/mol. The Labute approximate surface area is 84.3 Å². The summed E-state index contributed by atoms with van der Waals surface area (Å²) in [4.78, 5) is 13.2. The smallest absolute Gasteiger partial charge is 0.229 e. The molecule has 1 rings (SSSR count). The highest BCUT2D eigenvalue weighted by molar-refractivity contribution is 5.92. The van der Waals surface area contributed by atoms with Crippen molar-refractivity contribution in [2.75, 3.05) is 25.7 Å². The van der Waals surface area contributed by atoms with Crippen LogP contribution in [0.5, 0.6) is 0 Å². The van der Waals surface area contributed by atoms with Gasteiger partial charge in [0.15, 0.2) is 0 Å². The summed E-state index contributed by atoms with van der Waals surface area (Å²) in [6.07, 6.45) is 0.408. The molecule has 0 aliphatic carbocycles. The van der Waals surface area contributed by atoms with Crippen LogP contribution in [0.1, 0.15) is 6.42 Å². The number of benzene rings is 1. The third-order valence-electron chi connectivity index (χ3n) is 1.98. The Morgan fingerprint density at radius 2 is 2.14 bits per heavy atom. The van der Waals surface area contributed by atoms with Gasteiger partial charge in [0.2, 0.25) is 5.91 Å². The first-order chi connectivity index (χ1) is 6.75. The van der Waals surface area contributed by atoms with Crippen LogP contribution in [0.25, 0.3) is 0 Å². The lowest BCUT2D eigenvalue weighted by molar-refractivity contribution is -0.119. The van der Waals surface area contributed by atoms with Crippen LogP contribution >= 0.6 is 0 Å². The average Bonchev–Trinajstić information content (AvgIpc) is 2.26. The first-order valence-corrected chi connectivity index (χ1v) is 4.47. The van der Waals surface area contributed by atoms with Gasteiger partial charge in [-0.25, -0.2) is 0 Å². The molecule has 1 aromatic rings. The zero-order valence-electron chi connectivity index (χ0n) is 8.49. The molecule has 0 bridgehead atoms. The highest BCUT2D eigenvalue weighted by Crippen LogP contribution is 2.11. The van der Waals surface area contributed by atoms with E-state index in [9.17, 15) is 4.79 Å². The Morgan fingerprint density at radius 1 is 1.50 bits per heavy atom. The summed E-state index contributed by atoms with van der Waals surface area (Å²) < 4.78 is 4.84. The van der Waals surface area contributed by atoms with E-state index in [1.807, 2.05) is 12.1 Å². The van der Waals surface area contributed by atoms with E-state index in [4.69, 9.17) is 4.74 Å². The maximum Gasteiger partial charge on any atom is 0.229 e. The minimum atomic E-state index is 0.0538. The van der Waals surface area contributed by atoms with Gasteiger partial charge in [0, 0.05) is 19.8 Å². The Balaban J connectivity index is 2.57. The van der Waals surface area contributed by atoms with Crippen LogP contribution < -0.4 is 4.90 Å². The van der Waals surface area contributed by atoms with Crippen LogP contribution in [-0.4, -0.2) is 26.7 Å². The standard InChI is InChI=1S/C11H14NO2/c1-12(11(13)8-9-14-2)10-6-4-3-5-7-10/h4-7H,8-9H2,1-2H3. The predicted molar refractivity (Wildman–Crippen MR) is 55.2 cm³/mol. The van der Waals surface area contributed by atoms with Crippen molar-refractivity contribution < 1.29 is 9.53 Å². The van der Waals surface area contributed by atoms with E-state index in [2.05, 4.69) is 6.07 Å². The number of carbonyl (C=O) groups excluding carboxylic acids is 1. The number of nitrogens with zero attached hydrogens (tertiary/aromatic N) is 1. The highest BCUT2D eigenvalue weighted by atomic mass is 16.5. The van der Waals surface area contributed by atoms with Gasteiger partial charge in [0.05, 0.1) is 13.0 Å². The average molecular weight is 192 g/mol. The number of rotatable bonds is 4. The first kappa shape index (κ1) is 10.7. The molecule has 0 spiro atoms. The normalized spacial score (nSPS) is 9.86. The SMILES string of the molecule is COCCC(=O)N(C)c1cc[c]cc1. The third kappa shape index (κ3) is 2.85. The fourth-order valence-corrected chi connectivity index (χ4v) is 1.10. The first-order valence-electron chi connectivity index (χ1n) is 4.47. The van der Waals surface area contributed by atoms with Crippen LogP contribution in [-0.2, 0) is 9.53 Å². The third-order valence-corrected chi connectivity index (χ3v) is 1.98. The molecule has 0 heterocycles. The number of ether oxygens (including phenoxy) is 1. The maximum atomic E-state index is 11.5. The number of hydrogen-bond acceptors (Lipinski definition) is 2. The Bertz CT molecular complexity index is 285. The lowest BCUT2D eigenvalue weighted by Crippen LogP contribution is -2.26. The quantitative estimate of drug-likeness (QED) is 0.723. The van der Waals surface area contributed by atoms with E-state index in [0.717, 1.165) is 5.69 Å². The van der Waals surface area contributed by atoms with Gasteiger partial charge in [-0.05, 0) is 18.2 Å². The fourth-order valence-electron chi connectivity index (χ4n) is 1.10. The Kier molecular flexibility index (Phi) is 4.13. The minimum Gasteiger partial charge on any atom is -0.384 e. The van der Waals surface area contributed by atoms with Gasteiger partial charge >= 0.3 is 0 Å². The lowest BCUT2D eigenvalue weighted by atomic mass is 10.3. The van der Waals surface area contributed by atoms with E-state index in [0.29, 0.717) is 13.0 Å². The zero-order chi connectivity index (χ0) is 10.4. The predicted octanol–water partition coefficient (Wildman–Crippen LogP) is 1.49. The van der Waals surface area contributed by atoms with Crippen molar-refractivity contribution in [2.24, 2.45) is 0 Å². The van der Waals surface area contributed by atoms with Crippen LogP contribution in [0.4, 0.5) is 5.69 Å². The number of methoxy groups -OCH3 is 1. The second-order valence-corrected chi connectivity index (χ2v) is 2.95. The van der Waals surface area contributed by atoms with Crippen LogP contribution in [0.2, 0.25) is 0 Å². The minimum absolute atomic E-state index is 0.0538. The summed E-state index contributed by atoms with van der Waals surface area (Å²) in [5, 5.41) is 0. The highest BCUT2D eigenvalue weighted by Gasteiger charge is 2.09. The summed E-state index contributed by atoms with van der Waals surface area (Å²) in [6, 6.07) is 10.2. The molecule has 0 unspecified atom stereocenters. The van der Waals surface area contributed by atoms with Gasteiger partial charge in [-0.15, -0.1) is 0 Å². The van der Waals surface area contributed by atoms with E-state index >= 15 is 0 Å². The summed E-state index contributed by atoms with van der Waals surface area (Å²) in [6.45, 7) is 0.460. The second-order valence-electron chi connectivity index (χ2n) is 2.95. The van der Waals surface area contributed by atoms with Crippen molar-refractivity contribution in [2.45, 2.75) is 6.42 Å². The van der Waals surface area contributed by atoms with E-state index < -0.39 is 0 Å². The maximum absolute atomic E-state index is 11.5. The van der Waals surface area contributed by atoms with E-state index in [1.165, 1.54) is 0 Å².